The van der Waals surface area contributed by atoms with E-state index in [1.54, 1.807) is 18.5 Å². The maximum absolute atomic E-state index is 13.4. The highest BCUT2D eigenvalue weighted by atomic mass is 35.5. The number of aromatic nitrogens is 1. The summed E-state index contributed by atoms with van der Waals surface area (Å²) in [4.78, 5) is 15.5. The van der Waals surface area contributed by atoms with Gasteiger partial charge in [-0.2, -0.15) is 0 Å². The number of amides is 2. The average Bonchev–Trinajstić information content (AvgIpc) is 2.41. The molecular formula is C13H11ClFN3O. The van der Waals surface area contributed by atoms with Crippen molar-refractivity contribution < 1.29 is 9.18 Å². The summed E-state index contributed by atoms with van der Waals surface area (Å²) in [6.45, 7) is 0.314. The molecule has 0 aliphatic heterocycles. The molecule has 0 aliphatic rings. The van der Waals surface area contributed by atoms with Gasteiger partial charge in [0.2, 0.25) is 0 Å². The monoisotopic (exact) mass is 279 g/mol. The lowest BCUT2D eigenvalue weighted by Crippen LogP contribution is -2.28. The van der Waals surface area contributed by atoms with Crippen LogP contribution < -0.4 is 10.6 Å². The van der Waals surface area contributed by atoms with Gasteiger partial charge in [0.15, 0.2) is 0 Å². The van der Waals surface area contributed by atoms with Gasteiger partial charge in [-0.1, -0.05) is 17.7 Å². The number of nitrogens with one attached hydrogen (secondary N) is 2. The second-order valence-electron chi connectivity index (χ2n) is 3.79. The van der Waals surface area contributed by atoms with Gasteiger partial charge in [-0.05, 0) is 29.8 Å². The van der Waals surface area contributed by atoms with E-state index in [0.717, 1.165) is 11.6 Å². The van der Waals surface area contributed by atoms with Gasteiger partial charge in [-0.3, -0.25) is 4.98 Å². The molecule has 0 fully saturated rings. The van der Waals surface area contributed by atoms with Crippen LogP contribution in [-0.4, -0.2) is 11.0 Å². The van der Waals surface area contributed by atoms with E-state index in [1.165, 1.54) is 12.1 Å². The Bertz CT molecular complexity index is 577. The molecule has 2 rings (SSSR count). The second kappa shape index (κ2) is 6.15. The molecule has 2 amide bonds. The maximum Gasteiger partial charge on any atom is 0.319 e. The topological polar surface area (TPSA) is 54.0 Å². The summed E-state index contributed by atoms with van der Waals surface area (Å²) >= 11 is 5.62. The molecule has 6 heteroatoms. The van der Waals surface area contributed by atoms with Crippen molar-refractivity contribution in [1.29, 1.82) is 0 Å². The molecule has 19 heavy (non-hydrogen) atoms. The molecule has 1 aromatic carbocycles. The summed E-state index contributed by atoms with van der Waals surface area (Å²) in [5.74, 6) is -0.580. The lowest BCUT2D eigenvalue weighted by Gasteiger charge is -2.08. The van der Waals surface area contributed by atoms with Crippen molar-refractivity contribution >= 4 is 23.3 Å². The van der Waals surface area contributed by atoms with Crippen molar-refractivity contribution in [3.63, 3.8) is 0 Å². The van der Waals surface area contributed by atoms with Crippen molar-refractivity contribution in [3.8, 4) is 0 Å². The van der Waals surface area contributed by atoms with Crippen LogP contribution in [0.5, 0.6) is 0 Å². The molecule has 0 unspecified atom stereocenters. The second-order valence-corrected chi connectivity index (χ2v) is 4.23. The van der Waals surface area contributed by atoms with Crippen LogP contribution in [-0.2, 0) is 6.54 Å². The number of rotatable bonds is 3. The van der Waals surface area contributed by atoms with Crippen LogP contribution >= 0.6 is 11.6 Å². The van der Waals surface area contributed by atoms with E-state index in [0.29, 0.717) is 6.54 Å². The van der Waals surface area contributed by atoms with Crippen LogP contribution in [0.4, 0.5) is 14.9 Å². The Balaban J connectivity index is 1.91. The molecule has 0 aliphatic carbocycles. The number of anilines is 1. The zero-order valence-electron chi connectivity index (χ0n) is 9.86. The minimum atomic E-state index is -0.580. The minimum Gasteiger partial charge on any atom is -0.334 e. The summed E-state index contributed by atoms with van der Waals surface area (Å²) in [6.07, 6.45) is 3.29. The van der Waals surface area contributed by atoms with Crippen LogP contribution in [0.2, 0.25) is 5.02 Å². The first-order valence-corrected chi connectivity index (χ1v) is 5.92. The van der Waals surface area contributed by atoms with Crippen molar-refractivity contribution in [1.82, 2.24) is 10.3 Å². The minimum absolute atomic E-state index is 0.0769. The largest absolute Gasteiger partial charge is 0.334 e. The predicted molar refractivity (Wildman–Crippen MR) is 71.5 cm³/mol. The highest BCUT2D eigenvalue weighted by Gasteiger charge is 2.06. The number of pyridine rings is 1. The number of carbonyl (C=O) groups is 1. The number of hydrogen-bond acceptors (Lipinski definition) is 2. The van der Waals surface area contributed by atoms with Gasteiger partial charge >= 0.3 is 6.03 Å². The van der Waals surface area contributed by atoms with Gasteiger partial charge in [0, 0.05) is 24.0 Å². The molecule has 0 saturated heterocycles. The zero-order chi connectivity index (χ0) is 13.7. The summed E-state index contributed by atoms with van der Waals surface area (Å²) in [7, 11) is 0. The van der Waals surface area contributed by atoms with E-state index in [2.05, 4.69) is 15.6 Å². The quantitative estimate of drug-likeness (QED) is 0.906. The molecule has 2 N–H and O–H groups in total. The summed E-state index contributed by atoms with van der Waals surface area (Å²) in [5.41, 5.74) is 0.933. The number of nitrogens with zero attached hydrogens (tertiary/aromatic N) is 1. The molecule has 0 atom stereocenters. The highest BCUT2D eigenvalue weighted by Crippen LogP contribution is 2.18. The molecule has 0 saturated carbocycles. The molecule has 1 heterocycles. The van der Waals surface area contributed by atoms with Gasteiger partial charge in [0.25, 0.3) is 0 Å². The van der Waals surface area contributed by atoms with Gasteiger partial charge in [-0.25, -0.2) is 9.18 Å². The Morgan fingerprint density at radius 2 is 2.21 bits per heavy atom. The molecule has 2 aromatic rings. The fourth-order valence-electron chi connectivity index (χ4n) is 1.44. The van der Waals surface area contributed by atoms with E-state index in [9.17, 15) is 9.18 Å². The standard InChI is InChI=1S/C13H11ClFN3O/c14-10-3-4-12(11(15)6-10)18-13(19)17-8-9-2-1-5-16-7-9/h1-7H,8H2,(H2,17,18,19). The van der Waals surface area contributed by atoms with Crippen LogP contribution in [0.25, 0.3) is 0 Å². The fraction of sp³-hybridized carbons (Fsp3) is 0.0769. The zero-order valence-corrected chi connectivity index (χ0v) is 10.6. The third-order valence-corrected chi connectivity index (χ3v) is 2.59. The third-order valence-electron chi connectivity index (χ3n) is 2.36. The number of hydrogen-bond donors (Lipinski definition) is 2. The summed E-state index contributed by atoms with van der Waals surface area (Å²) in [5, 5.41) is 5.28. The highest BCUT2D eigenvalue weighted by molar-refractivity contribution is 6.30. The van der Waals surface area contributed by atoms with E-state index >= 15 is 0 Å². The molecular weight excluding hydrogens is 269 g/mol. The normalized spacial score (nSPS) is 10.0. The van der Waals surface area contributed by atoms with Gasteiger partial charge in [0.05, 0.1) is 5.69 Å². The smallest absolute Gasteiger partial charge is 0.319 e. The Labute approximate surface area is 114 Å². The van der Waals surface area contributed by atoms with Crippen molar-refractivity contribution in [2.45, 2.75) is 6.54 Å². The average molecular weight is 280 g/mol. The van der Waals surface area contributed by atoms with Crippen molar-refractivity contribution in [3.05, 3.63) is 59.1 Å². The van der Waals surface area contributed by atoms with Crippen LogP contribution in [0.3, 0.4) is 0 Å². The van der Waals surface area contributed by atoms with Crippen molar-refractivity contribution in [2.75, 3.05) is 5.32 Å². The number of carbonyl (C=O) groups excluding carboxylic acids is 1. The number of urea groups is 1. The van der Waals surface area contributed by atoms with E-state index < -0.39 is 11.8 Å². The van der Waals surface area contributed by atoms with Gasteiger partial charge in [0.1, 0.15) is 5.82 Å². The first-order chi connectivity index (χ1) is 9.15. The first-order valence-electron chi connectivity index (χ1n) is 5.54. The van der Waals surface area contributed by atoms with Crippen LogP contribution in [0, 0.1) is 5.82 Å². The Morgan fingerprint density at radius 1 is 1.37 bits per heavy atom. The Morgan fingerprint density at radius 3 is 2.89 bits per heavy atom. The number of halogens is 2. The molecule has 0 spiro atoms. The van der Waals surface area contributed by atoms with E-state index in [1.807, 2.05) is 6.07 Å². The molecule has 0 bridgehead atoms. The van der Waals surface area contributed by atoms with Crippen molar-refractivity contribution in [2.24, 2.45) is 0 Å². The number of benzene rings is 1. The first kappa shape index (κ1) is 13.3. The maximum atomic E-state index is 13.4. The molecule has 0 radical (unpaired) electrons. The lowest BCUT2D eigenvalue weighted by molar-refractivity contribution is 0.251. The van der Waals surface area contributed by atoms with Gasteiger partial charge in [-0.15, -0.1) is 0 Å². The molecule has 1 aromatic heterocycles. The molecule has 98 valence electrons. The third kappa shape index (κ3) is 3.93. The Hall–Kier alpha value is -2.14. The summed E-state index contributed by atoms with van der Waals surface area (Å²) in [6, 6.07) is 7.15. The predicted octanol–water partition coefficient (Wildman–Crippen LogP) is 3.20. The van der Waals surface area contributed by atoms with Gasteiger partial charge < -0.3 is 10.6 Å². The van der Waals surface area contributed by atoms with E-state index in [4.69, 9.17) is 11.6 Å². The Kier molecular flexibility index (Phi) is 4.30. The SMILES string of the molecule is O=C(NCc1cccnc1)Nc1ccc(Cl)cc1F. The fourth-order valence-corrected chi connectivity index (χ4v) is 1.60. The van der Waals surface area contributed by atoms with E-state index in [-0.39, 0.29) is 10.7 Å². The summed E-state index contributed by atoms with van der Waals surface area (Å²) < 4.78 is 13.4. The van der Waals surface area contributed by atoms with Crippen LogP contribution in [0.15, 0.2) is 42.7 Å². The van der Waals surface area contributed by atoms with Crippen LogP contribution in [0.1, 0.15) is 5.56 Å². The lowest BCUT2D eigenvalue weighted by atomic mass is 10.3. The molecule has 4 nitrogen and oxygen atoms in total.